The molecule has 1 aromatic heterocycles. The predicted octanol–water partition coefficient (Wildman–Crippen LogP) is 8.09. The van der Waals surface area contributed by atoms with Crippen LogP contribution in [-0.2, 0) is 6.18 Å². The lowest BCUT2D eigenvalue weighted by atomic mass is 9.91. The molecule has 0 unspecified atom stereocenters. The van der Waals surface area contributed by atoms with E-state index in [1.165, 1.54) is 38.1 Å². The first-order valence-corrected chi connectivity index (χ1v) is 11.8. The van der Waals surface area contributed by atoms with E-state index >= 15 is 0 Å². The van der Waals surface area contributed by atoms with Crippen LogP contribution in [0.25, 0.3) is 33.1 Å². The highest BCUT2D eigenvalue weighted by Crippen LogP contribution is 2.43. The van der Waals surface area contributed by atoms with Gasteiger partial charge in [-0.15, -0.1) is 0 Å². The molecule has 0 saturated carbocycles. The Labute approximate surface area is 225 Å². The van der Waals surface area contributed by atoms with Crippen molar-refractivity contribution >= 4 is 38.9 Å². The number of fused-ring (bicyclic) bond motifs is 3. The topological polar surface area (TPSA) is 72.0 Å². The number of nitrogens with zero attached hydrogens (tertiary/aromatic N) is 2. The number of rotatable bonds is 5. The van der Waals surface area contributed by atoms with Crippen molar-refractivity contribution in [1.29, 1.82) is 0 Å². The van der Waals surface area contributed by atoms with Crippen LogP contribution < -0.4 is 5.32 Å². The fourth-order valence-corrected chi connectivity index (χ4v) is 4.27. The van der Waals surface area contributed by atoms with Crippen LogP contribution in [0.2, 0.25) is 0 Å². The van der Waals surface area contributed by atoms with E-state index in [-0.39, 0.29) is 11.6 Å². The minimum Gasteiger partial charge on any atom is -0.382 e. The maximum Gasteiger partial charge on any atom is 0.454 e. The molecule has 0 fully saturated rings. The fraction of sp³-hybridized carbons (Fsp3) is 0.259. The van der Waals surface area contributed by atoms with Crippen LogP contribution in [0.3, 0.4) is 0 Å². The van der Waals surface area contributed by atoms with Gasteiger partial charge in [-0.1, -0.05) is 35.9 Å². The summed E-state index contributed by atoms with van der Waals surface area (Å²) in [5.41, 5.74) is -4.95. The molecule has 1 N–H and O–H groups in total. The Bertz CT molecular complexity index is 1690. The van der Waals surface area contributed by atoms with Crippen molar-refractivity contribution in [3.8, 4) is 11.4 Å². The molecule has 0 atom stereocenters. The van der Waals surface area contributed by atoms with Crippen molar-refractivity contribution in [2.24, 2.45) is 0 Å². The van der Waals surface area contributed by atoms with E-state index in [1.807, 2.05) is 0 Å². The predicted molar refractivity (Wildman–Crippen MR) is 132 cm³/mol. The smallest absolute Gasteiger partial charge is 0.382 e. The van der Waals surface area contributed by atoms with Gasteiger partial charge < -0.3 is 5.32 Å². The van der Waals surface area contributed by atoms with E-state index in [2.05, 4.69) is 15.3 Å². The largest absolute Gasteiger partial charge is 0.454 e. The lowest BCUT2D eigenvalue weighted by molar-refractivity contribution is -0.139. The van der Waals surface area contributed by atoms with Crippen molar-refractivity contribution in [3.63, 3.8) is 0 Å². The molecule has 0 aliphatic rings. The molecule has 0 aliphatic carbocycles. The molecule has 14 heteroatoms. The standard InChI is InChI=1S/C27H18F9N3O2/c1-11(2)37-19-14-8-9-15-20(38-24(39-21(15)25(28,29)30)13-6-4-12(3)5-7-13)18(14)16(22(40)26(31,32)33)10-17(19)23(41)27(34,35)36/h4-11,37H,1-3H3. The number of hydrogen-bond acceptors (Lipinski definition) is 5. The first-order valence-electron chi connectivity index (χ1n) is 11.8. The third-order valence-corrected chi connectivity index (χ3v) is 5.98. The number of aryl methyl sites for hydroxylation is 1. The second-order valence-corrected chi connectivity index (χ2v) is 9.44. The van der Waals surface area contributed by atoms with Gasteiger partial charge in [-0.2, -0.15) is 39.5 Å². The molecule has 0 radical (unpaired) electrons. The second kappa shape index (κ2) is 10.00. The third kappa shape index (κ3) is 5.68. The molecular formula is C27H18F9N3O2. The minimum absolute atomic E-state index is 0.0492. The number of alkyl halides is 9. The maximum absolute atomic E-state index is 14.2. The quantitative estimate of drug-likeness (QED) is 0.145. The van der Waals surface area contributed by atoms with Crippen LogP contribution >= 0.6 is 0 Å². The number of carbonyl (C=O) groups excluding carboxylic acids is 2. The van der Waals surface area contributed by atoms with Crippen molar-refractivity contribution in [2.75, 3.05) is 5.32 Å². The summed E-state index contributed by atoms with van der Waals surface area (Å²) in [4.78, 5) is 32.5. The van der Waals surface area contributed by atoms with E-state index in [0.717, 1.165) is 17.7 Å². The van der Waals surface area contributed by atoms with Gasteiger partial charge >= 0.3 is 18.5 Å². The van der Waals surface area contributed by atoms with Crippen molar-refractivity contribution in [1.82, 2.24) is 9.97 Å². The van der Waals surface area contributed by atoms with Gasteiger partial charge in [0.15, 0.2) is 11.5 Å². The first kappa shape index (κ1) is 29.7. The molecule has 0 aliphatic heterocycles. The molecule has 41 heavy (non-hydrogen) atoms. The Morgan fingerprint density at radius 3 is 1.80 bits per heavy atom. The molecule has 0 bridgehead atoms. The Balaban J connectivity index is 2.29. The molecular weight excluding hydrogens is 569 g/mol. The van der Waals surface area contributed by atoms with E-state index in [4.69, 9.17) is 0 Å². The SMILES string of the molecule is Cc1ccc(-c2nc(C(F)(F)F)c3ccc4c(NC(C)C)c(C(=O)C(F)(F)F)cc(C(=O)C(F)(F)F)c4c3n2)cc1. The summed E-state index contributed by atoms with van der Waals surface area (Å²) in [5.74, 6) is -5.79. The van der Waals surface area contributed by atoms with Crippen LogP contribution in [0.5, 0.6) is 0 Å². The van der Waals surface area contributed by atoms with Crippen LogP contribution in [0.1, 0.15) is 45.8 Å². The number of nitrogens with one attached hydrogen (secondary N) is 1. The Hall–Kier alpha value is -4.23. The van der Waals surface area contributed by atoms with Gasteiger partial charge in [0, 0.05) is 33.3 Å². The zero-order valence-electron chi connectivity index (χ0n) is 21.2. The lowest BCUT2D eigenvalue weighted by Crippen LogP contribution is -2.27. The molecule has 4 aromatic rings. The van der Waals surface area contributed by atoms with Gasteiger partial charge in [0.05, 0.1) is 16.8 Å². The number of ketones is 2. The van der Waals surface area contributed by atoms with E-state index in [9.17, 15) is 49.1 Å². The Morgan fingerprint density at radius 1 is 0.756 bits per heavy atom. The van der Waals surface area contributed by atoms with E-state index < -0.39 is 86.1 Å². The molecule has 1 heterocycles. The van der Waals surface area contributed by atoms with Crippen LogP contribution in [-0.4, -0.2) is 39.9 Å². The second-order valence-electron chi connectivity index (χ2n) is 9.44. The molecule has 3 aromatic carbocycles. The first-order chi connectivity index (χ1) is 18.8. The van der Waals surface area contributed by atoms with Gasteiger partial charge in [-0.25, -0.2) is 9.97 Å². The van der Waals surface area contributed by atoms with E-state index in [1.54, 1.807) is 6.92 Å². The zero-order valence-corrected chi connectivity index (χ0v) is 21.2. The number of benzene rings is 3. The van der Waals surface area contributed by atoms with Gasteiger partial charge in [-0.3, -0.25) is 9.59 Å². The Morgan fingerprint density at radius 2 is 1.29 bits per heavy atom. The number of anilines is 1. The molecule has 0 saturated heterocycles. The number of aromatic nitrogens is 2. The molecule has 0 amide bonds. The van der Waals surface area contributed by atoms with Crippen molar-refractivity contribution < 1.29 is 49.1 Å². The third-order valence-electron chi connectivity index (χ3n) is 5.98. The summed E-state index contributed by atoms with van der Waals surface area (Å²) < 4.78 is 124. The minimum atomic E-state index is -5.67. The highest BCUT2D eigenvalue weighted by Gasteiger charge is 2.45. The summed E-state index contributed by atoms with van der Waals surface area (Å²) in [5, 5.41) is 0.382. The molecule has 5 nitrogen and oxygen atoms in total. The maximum atomic E-state index is 14.2. The Kier molecular flexibility index (Phi) is 7.25. The van der Waals surface area contributed by atoms with Crippen LogP contribution in [0, 0.1) is 6.92 Å². The highest BCUT2D eigenvalue weighted by atomic mass is 19.4. The van der Waals surface area contributed by atoms with Crippen LogP contribution in [0.4, 0.5) is 45.2 Å². The van der Waals surface area contributed by atoms with E-state index in [0.29, 0.717) is 0 Å². The number of carbonyl (C=O) groups is 2. The summed E-state index contributed by atoms with van der Waals surface area (Å²) in [7, 11) is 0. The normalized spacial score (nSPS) is 12.8. The summed E-state index contributed by atoms with van der Waals surface area (Å²) >= 11 is 0. The highest BCUT2D eigenvalue weighted by molar-refractivity contribution is 6.24. The summed E-state index contributed by atoms with van der Waals surface area (Å²) in [6.45, 7) is 4.59. The lowest BCUT2D eigenvalue weighted by Gasteiger charge is -2.21. The summed E-state index contributed by atoms with van der Waals surface area (Å²) in [6, 6.07) is 6.76. The molecule has 4 rings (SSSR count). The van der Waals surface area contributed by atoms with Crippen molar-refractivity contribution in [2.45, 2.75) is 45.3 Å². The zero-order chi connectivity index (χ0) is 30.7. The monoisotopic (exact) mass is 587 g/mol. The van der Waals surface area contributed by atoms with Crippen LogP contribution in [0.15, 0.2) is 42.5 Å². The molecule has 216 valence electrons. The van der Waals surface area contributed by atoms with Gasteiger partial charge in [0.2, 0.25) is 0 Å². The van der Waals surface area contributed by atoms with Gasteiger partial charge in [-0.05, 0) is 32.9 Å². The average molecular weight is 587 g/mol. The van der Waals surface area contributed by atoms with Crippen molar-refractivity contribution in [3.05, 3.63) is 64.8 Å². The van der Waals surface area contributed by atoms with Gasteiger partial charge in [0.1, 0.15) is 0 Å². The molecule has 0 spiro atoms. The van der Waals surface area contributed by atoms with Gasteiger partial charge in [0.25, 0.3) is 11.6 Å². The fourth-order valence-electron chi connectivity index (χ4n) is 4.27. The number of hydrogen-bond donors (Lipinski definition) is 1. The number of Topliss-reactive ketones (excluding diaryl/α,β-unsaturated/α-hetero) is 2. The summed E-state index contributed by atoms with van der Waals surface area (Å²) in [6.07, 6.45) is -16.4. The number of halogens is 9. The average Bonchev–Trinajstić information content (AvgIpc) is 2.85.